The van der Waals surface area contributed by atoms with Crippen molar-refractivity contribution in [1.29, 1.82) is 0 Å². The van der Waals surface area contributed by atoms with Crippen LogP contribution in [0.4, 0.5) is 0 Å². The molecule has 5 nitrogen and oxygen atoms in total. The molecule has 0 aliphatic carbocycles. The van der Waals surface area contributed by atoms with Crippen LogP contribution in [0.5, 0.6) is 11.5 Å². The molecule has 1 atom stereocenters. The van der Waals surface area contributed by atoms with Crippen molar-refractivity contribution in [3.05, 3.63) is 24.3 Å². The van der Waals surface area contributed by atoms with Gasteiger partial charge >= 0.3 is 5.97 Å². The summed E-state index contributed by atoms with van der Waals surface area (Å²) in [6.07, 6.45) is 1.19. The molecule has 0 aromatic heterocycles. The van der Waals surface area contributed by atoms with Gasteiger partial charge in [-0.15, -0.1) is 0 Å². The van der Waals surface area contributed by atoms with Crippen LogP contribution in [0.1, 0.15) is 26.7 Å². The summed E-state index contributed by atoms with van der Waals surface area (Å²) in [5, 5.41) is 0. The molecule has 1 aromatic rings. The Morgan fingerprint density at radius 3 is 2.25 bits per heavy atom. The second kappa shape index (κ2) is 7.75. The minimum Gasteiger partial charge on any atom is -0.494 e. The monoisotopic (exact) mass is 281 g/mol. The summed E-state index contributed by atoms with van der Waals surface area (Å²) in [6, 6.07) is 7.43. The van der Waals surface area contributed by atoms with Crippen LogP contribution >= 0.6 is 0 Å². The van der Waals surface area contributed by atoms with Crippen LogP contribution in [0, 0.1) is 0 Å². The van der Waals surface area contributed by atoms with Crippen LogP contribution in [0.25, 0.3) is 0 Å². The number of rotatable bonds is 8. The third-order valence-electron chi connectivity index (χ3n) is 2.90. The third kappa shape index (κ3) is 5.09. The van der Waals surface area contributed by atoms with Crippen molar-refractivity contribution in [3.8, 4) is 11.5 Å². The first-order valence-corrected chi connectivity index (χ1v) is 6.72. The van der Waals surface area contributed by atoms with E-state index in [2.05, 4.69) is 4.74 Å². The molecule has 112 valence electrons. The zero-order chi connectivity index (χ0) is 15.0. The van der Waals surface area contributed by atoms with Gasteiger partial charge in [-0.2, -0.15) is 0 Å². The molecule has 0 aliphatic heterocycles. The molecule has 1 unspecified atom stereocenters. The zero-order valence-electron chi connectivity index (χ0n) is 12.3. The van der Waals surface area contributed by atoms with Crippen LogP contribution < -0.4 is 15.2 Å². The largest absolute Gasteiger partial charge is 0.494 e. The number of carbonyl (C=O) groups is 1. The molecule has 2 N–H and O–H groups in total. The number of methoxy groups -OCH3 is 1. The Morgan fingerprint density at radius 1 is 1.20 bits per heavy atom. The second-order valence-electron chi connectivity index (χ2n) is 4.77. The Morgan fingerprint density at radius 2 is 1.75 bits per heavy atom. The summed E-state index contributed by atoms with van der Waals surface area (Å²) in [5.74, 6) is 1.18. The van der Waals surface area contributed by atoms with E-state index in [9.17, 15) is 4.79 Å². The number of carbonyl (C=O) groups excluding carboxylic acids is 1. The smallest absolute Gasteiger partial charge is 0.325 e. The van der Waals surface area contributed by atoms with Gasteiger partial charge in [0.1, 0.15) is 17.0 Å². The number of ether oxygens (including phenoxy) is 3. The highest BCUT2D eigenvalue weighted by Crippen LogP contribution is 2.18. The summed E-state index contributed by atoms with van der Waals surface area (Å²) in [7, 11) is 1.34. The maximum Gasteiger partial charge on any atom is 0.325 e. The van der Waals surface area contributed by atoms with Gasteiger partial charge in [-0.05, 0) is 51.0 Å². The lowest BCUT2D eigenvalue weighted by Gasteiger charge is -2.21. The van der Waals surface area contributed by atoms with Gasteiger partial charge in [0.2, 0.25) is 0 Å². The number of esters is 1. The summed E-state index contributed by atoms with van der Waals surface area (Å²) in [4.78, 5) is 11.4. The first-order chi connectivity index (χ1) is 9.49. The van der Waals surface area contributed by atoms with Crippen LogP contribution in [0.3, 0.4) is 0 Å². The average molecular weight is 281 g/mol. The van der Waals surface area contributed by atoms with E-state index in [1.54, 1.807) is 6.92 Å². The van der Waals surface area contributed by atoms with Gasteiger partial charge in [0.15, 0.2) is 0 Å². The van der Waals surface area contributed by atoms with E-state index >= 15 is 0 Å². The van der Waals surface area contributed by atoms with Gasteiger partial charge in [-0.1, -0.05) is 0 Å². The molecule has 0 amide bonds. The van der Waals surface area contributed by atoms with Crippen molar-refractivity contribution in [2.75, 3.05) is 20.3 Å². The maximum absolute atomic E-state index is 11.4. The van der Waals surface area contributed by atoms with Crippen molar-refractivity contribution >= 4 is 5.97 Å². The standard InChI is InChI=1S/C15H23NO4/c1-4-19-12-6-8-13(9-7-12)20-11-5-10-15(2,16)14(17)18-3/h6-9H,4-5,10-11,16H2,1-3H3. The molecule has 0 aliphatic rings. The van der Waals surface area contributed by atoms with Gasteiger partial charge in [0, 0.05) is 0 Å². The van der Waals surface area contributed by atoms with Crippen LogP contribution in [-0.2, 0) is 9.53 Å². The van der Waals surface area contributed by atoms with E-state index in [-0.39, 0.29) is 0 Å². The summed E-state index contributed by atoms with van der Waals surface area (Å²) >= 11 is 0. The normalized spacial score (nSPS) is 13.4. The van der Waals surface area contributed by atoms with E-state index in [0.29, 0.717) is 26.1 Å². The van der Waals surface area contributed by atoms with Crippen LogP contribution in [0.15, 0.2) is 24.3 Å². The van der Waals surface area contributed by atoms with E-state index < -0.39 is 11.5 Å². The molecule has 0 fully saturated rings. The highest BCUT2D eigenvalue weighted by molar-refractivity contribution is 5.79. The fraction of sp³-hybridized carbons (Fsp3) is 0.533. The molecule has 20 heavy (non-hydrogen) atoms. The van der Waals surface area contributed by atoms with E-state index in [1.807, 2.05) is 31.2 Å². The quantitative estimate of drug-likeness (QED) is 0.584. The summed E-state index contributed by atoms with van der Waals surface area (Å²) in [6.45, 7) is 4.74. The molecule has 1 aromatic carbocycles. The lowest BCUT2D eigenvalue weighted by molar-refractivity contribution is -0.146. The predicted molar refractivity (Wildman–Crippen MR) is 76.9 cm³/mol. The molecular weight excluding hydrogens is 258 g/mol. The Bertz CT molecular complexity index is 414. The molecular formula is C15H23NO4. The van der Waals surface area contributed by atoms with E-state index in [4.69, 9.17) is 15.2 Å². The molecule has 0 radical (unpaired) electrons. The third-order valence-corrected chi connectivity index (χ3v) is 2.90. The second-order valence-corrected chi connectivity index (χ2v) is 4.77. The number of hydrogen-bond acceptors (Lipinski definition) is 5. The molecule has 0 saturated carbocycles. The molecule has 0 heterocycles. The minimum atomic E-state index is -0.961. The fourth-order valence-electron chi connectivity index (χ4n) is 1.76. The fourth-order valence-corrected chi connectivity index (χ4v) is 1.76. The minimum absolute atomic E-state index is 0.404. The summed E-state index contributed by atoms with van der Waals surface area (Å²) < 4.78 is 15.6. The Hall–Kier alpha value is -1.75. The topological polar surface area (TPSA) is 70.8 Å². The predicted octanol–water partition coefficient (Wildman–Crippen LogP) is 2.13. The number of benzene rings is 1. The van der Waals surface area contributed by atoms with Gasteiger partial charge < -0.3 is 19.9 Å². The van der Waals surface area contributed by atoms with Gasteiger partial charge in [-0.25, -0.2) is 0 Å². The SMILES string of the molecule is CCOc1ccc(OCCCC(C)(N)C(=O)OC)cc1. The highest BCUT2D eigenvalue weighted by Gasteiger charge is 2.28. The van der Waals surface area contributed by atoms with Gasteiger partial charge in [0.25, 0.3) is 0 Å². The molecule has 0 saturated heterocycles. The zero-order valence-corrected chi connectivity index (χ0v) is 12.3. The lowest BCUT2D eigenvalue weighted by Crippen LogP contribution is -2.45. The van der Waals surface area contributed by atoms with Gasteiger partial charge in [-0.3, -0.25) is 4.79 Å². The van der Waals surface area contributed by atoms with Crippen LogP contribution in [0.2, 0.25) is 0 Å². The molecule has 0 bridgehead atoms. The Kier molecular flexibility index (Phi) is 6.31. The molecule has 0 spiro atoms. The highest BCUT2D eigenvalue weighted by atomic mass is 16.5. The Labute approximate surface area is 120 Å². The Balaban J connectivity index is 2.32. The van der Waals surface area contributed by atoms with E-state index in [0.717, 1.165) is 11.5 Å². The first kappa shape index (κ1) is 16.3. The average Bonchev–Trinajstić information content (AvgIpc) is 2.44. The van der Waals surface area contributed by atoms with Crippen molar-refractivity contribution < 1.29 is 19.0 Å². The van der Waals surface area contributed by atoms with Crippen molar-refractivity contribution in [3.63, 3.8) is 0 Å². The summed E-state index contributed by atoms with van der Waals surface area (Å²) in [5.41, 5.74) is 4.90. The maximum atomic E-state index is 11.4. The number of hydrogen-bond donors (Lipinski definition) is 1. The lowest BCUT2D eigenvalue weighted by atomic mass is 9.98. The van der Waals surface area contributed by atoms with Crippen molar-refractivity contribution in [2.24, 2.45) is 5.73 Å². The molecule has 1 rings (SSSR count). The van der Waals surface area contributed by atoms with Crippen molar-refractivity contribution in [2.45, 2.75) is 32.2 Å². The van der Waals surface area contributed by atoms with E-state index in [1.165, 1.54) is 7.11 Å². The molecule has 5 heteroatoms. The van der Waals surface area contributed by atoms with Crippen LogP contribution in [-0.4, -0.2) is 31.8 Å². The van der Waals surface area contributed by atoms with Crippen molar-refractivity contribution in [1.82, 2.24) is 0 Å². The number of nitrogens with two attached hydrogens (primary N) is 1. The van der Waals surface area contributed by atoms with Gasteiger partial charge in [0.05, 0.1) is 20.3 Å². The first-order valence-electron chi connectivity index (χ1n) is 6.72.